The van der Waals surface area contributed by atoms with Crippen molar-refractivity contribution in [1.29, 1.82) is 0 Å². The Morgan fingerprint density at radius 2 is 1.89 bits per heavy atom. The minimum absolute atomic E-state index is 0.0618. The van der Waals surface area contributed by atoms with E-state index in [0.717, 1.165) is 15.8 Å². The Morgan fingerprint density at radius 1 is 1.22 bits per heavy atom. The van der Waals surface area contributed by atoms with Crippen molar-refractivity contribution < 1.29 is 4.42 Å². The predicted octanol–water partition coefficient (Wildman–Crippen LogP) is 3.99. The number of aromatic nitrogens is 1. The second-order valence-electron chi connectivity index (χ2n) is 5.23. The molecule has 1 N–H and O–H groups in total. The fraction of sp³-hybridized carbons (Fsp3) is 0.357. The molecule has 3 nitrogen and oxygen atoms in total. The lowest BCUT2D eigenvalue weighted by Gasteiger charge is -2.18. The molecule has 0 bridgehead atoms. The van der Waals surface area contributed by atoms with Crippen molar-refractivity contribution in [3.8, 4) is 11.3 Å². The molecule has 0 radical (unpaired) electrons. The van der Waals surface area contributed by atoms with Crippen LogP contribution in [0, 0.1) is 0 Å². The van der Waals surface area contributed by atoms with Crippen LogP contribution >= 0.6 is 15.9 Å². The first kappa shape index (κ1) is 13.3. The van der Waals surface area contributed by atoms with Gasteiger partial charge in [-0.2, -0.15) is 0 Å². The number of halogens is 1. The van der Waals surface area contributed by atoms with Crippen LogP contribution < -0.4 is 5.32 Å². The van der Waals surface area contributed by atoms with Crippen LogP contribution in [0.3, 0.4) is 0 Å². The van der Waals surface area contributed by atoms with E-state index in [9.17, 15) is 0 Å². The lowest BCUT2D eigenvalue weighted by molar-refractivity contribution is 0.383. The summed E-state index contributed by atoms with van der Waals surface area (Å²) in [4.78, 5) is 4.28. The van der Waals surface area contributed by atoms with Gasteiger partial charge < -0.3 is 9.73 Å². The first-order chi connectivity index (χ1) is 8.44. The number of nitrogens with one attached hydrogen (secondary N) is 1. The zero-order valence-corrected chi connectivity index (χ0v) is 12.4. The van der Waals surface area contributed by atoms with E-state index in [2.05, 4.69) is 47.0 Å². The Balaban J connectivity index is 2.08. The second-order valence-corrected chi connectivity index (χ2v) is 6.14. The lowest BCUT2D eigenvalue weighted by Crippen LogP contribution is -2.35. The molecule has 96 valence electrons. The number of benzene rings is 1. The summed E-state index contributed by atoms with van der Waals surface area (Å²) >= 11 is 3.41. The second kappa shape index (κ2) is 5.24. The fourth-order valence-corrected chi connectivity index (χ4v) is 1.74. The molecular weight excluding hydrogens is 292 g/mol. The molecule has 0 unspecified atom stereocenters. The molecule has 1 heterocycles. The lowest BCUT2D eigenvalue weighted by atomic mass is 10.1. The normalized spacial score (nSPS) is 11.8. The van der Waals surface area contributed by atoms with Crippen molar-refractivity contribution in [1.82, 2.24) is 10.3 Å². The Labute approximate surface area is 116 Å². The Hall–Kier alpha value is -1.13. The van der Waals surface area contributed by atoms with E-state index < -0.39 is 0 Å². The van der Waals surface area contributed by atoms with Crippen LogP contribution in [-0.2, 0) is 6.54 Å². The zero-order chi connectivity index (χ0) is 13.2. The molecule has 0 aliphatic rings. The van der Waals surface area contributed by atoms with Crippen LogP contribution in [0.1, 0.15) is 26.7 Å². The van der Waals surface area contributed by atoms with Gasteiger partial charge in [0.15, 0.2) is 5.76 Å². The molecule has 2 rings (SSSR count). The molecule has 0 amide bonds. The average molecular weight is 309 g/mol. The Bertz CT molecular complexity index is 511. The molecule has 0 aliphatic heterocycles. The van der Waals surface area contributed by atoms with Crippen LogP contribution in [0.25, 0.3) is 11.3 Å². The van der Waals surface area contributed by atoms with Crippen molar-refractivity contribution in [2.45, 2.75) is 32.9 Å². The highest BCUT2D eigenvalue weighted by molar-refractivity contribution is 9.10. The summed E-state index contributed by atoms with van der Waals surface area (Å²) < 4.78 is 6.77. The van der Waals surface area contributed by atoms with Crippen molar-refractivity contribution in [2.24, 2.45) is 0 Å². The van der Waals surface area contributed by atoms with E-state index in [1.807, 2.05) is 24.3 Å². The summed E-state index contributed by atoms with van der Waals surface area (Å²) in [6.07, 6.45) is 1.77. The molecule has 0 aliphatic carbocycles. The van der Waals surface area contributed by atoms with Crippen molar-refractivity contribution >= 4 is 15.9 Å². The first-order valence-electron chi connectivity index (χ1n) is 5.90. The third kappa shape index (κ3) is 3.68. The van der Waals surface area contributed by atoms with E-state index in [-0.39, 0.29) is 5.54 Å². The van der Waals surface area contributed by atoms with Gasteiger partial charge in [-0.1, -0.05) is 28.1 Å². The van der Waals surface area contributed by atoms with Crippen LogP contribution in [0.15, 0.2) is 39.4 Å². The Morgan fingerprint density at radius 3 is 2.50 bits per heavy atom. The average Bonchev–Trinajstić information content (AvgIpc) is 2.75. The third-order valence-corrected chi connectivity index (χ3v) is 2.98. The molecule has 0 saturated heterocycles. The van der Waals surface area contributed by atoms with Gasteiger partial charge in [0.1, 0.15) is 0 Å². The van der Waals surface area contributed by atoms with Gasteiger partial charge in [-0.05, 0) is 32.9 Å². The number of oxazole rings is 1. The molecule has 4 heteroatoms. The van der Waals surface area contributed by atoms with E-state index >= 15 is 0 Å². The molecule has 0 saturated carbocycles. The summed E-state index contributed by atoms with van der Waals surface area (Å²) in [6, 6.07) is 7.99. The molecular formula is C14H17BrN2O. The van der Waals surface area contributed by atoms with E-state index in [4.69, 9.17) is 4.42 Å². The molecule has 0 spiro atoms. The summed E-state index contributed by atoms with van der Waals surface area (Å²) in [5.41, 5.74) is 1.10. The SMILES string of the molecule is CC(C)(C)NCc1ncc(-c2ccc(Br)cc2)o1. The van der Waals surface area contributed by atoms with Gasteiger partial charge in [-0.15, -0.1) is 0 Å². The molecule has 2 aromatic rings. The number of rotatable bonds is 3. The smallest absolute Gasteiger partial charge is 0.208 e. The largest absolute Gasteiger partial charge is 0.439 e. The van der Waals surface area contributed by atoms with Gasteiger partial charge in [0.25, 0.3) is 0 Å². The highest BCUT2D eigenvalue weighted by Gasteiger charge is 2.11. The van der Waals surface area contributed by atoms with E-state index in [0.29, 0.717) is 12.4 Å². The van der Waals surface area contributed by atoms with Gasteiger partial charge >= 0.3 is 0 Å². The standard InChI is InChI=1S/C14H17BrN2O/c1-14(2,3)17-9-13-16-8-12(18-13)10-4-6-11(15)7-5-10/h4-8,17H,9H2,1-3H3. The quantitative estimate of drug-likeness (QED) is 0.931. The highest BCUT2D eigenvalue weighted by atomic mass is 79.9. The van der Waals surface area contributed by atoms with Crippen LogP contribution in [0.5, 0.6) is 0 Å². The van der Waals surface area contributed by atoms with Gasteiger partial charge in [-0.3, -0.25) is 0 Å². The van der Waals surface area contributed by atoms with Gasteiger partial charge in [-0.25, -0.2) is 4.98 Å². The molecule has 0 fully saturated rings. The first-order valence-corrected chi connectivity index (χ1v) is 6.69. The maximum Gasteiger partial charge on any atom is 0.208 e. The molecule has 1 aromatic carbocycles. The van der Waals surface area contributed by atoms with Crippen LogP contribution in [-0.4, -0.2) is 10.5 Å². The third-order valence-electron chi connectivity index (χ3n) is 2.45. The van der Waals surface area contributed by atoms with Gasteiger partial charge in [0.2, 0.25) is 5.89 Å². The predicted molar refractivity (Wildman–Crippen MR) is 76.2 cm³/mol. The van der Waals surface area contributed by atoms with Gasteiger partial charge in [0, 0.05) is 15.6 Å². The minimum atomic E-state index is 0.0618. The summed E-state index contributed by atoms with van der Waals surface area (Å²) in [5, 5.41) is 3.35. The van der Waals surface area contributed by atoms with Crippen LogP contribution in [0.4, 0.5) is 0 Å². The molecule has 1 aromatic heterocycles. The maximum absolute atomic E-state index is 5.72. The van der Waals surface area contributed by atoms with E-state index in [1.165, 1.54) is 0 Å². The Kier molecular flexibility index (Phi) is 3.88. The van der Waals surface area contributed by atoms with Crippen molar-refractivity contribution in [3.05, 3.63) is 40.8 Å². The fourth-order valence-electron chi connectivity index (χ4n) is 1.48. The number of nitrogens with zero attached hydrogens (tertiary/aromatic N) is 1. The number of hydrogen-bond donors (Lipinski definition) is 1. The minimum Gasteiger partial charge on any atom is -0.439 e. The summed E-state index contributed by atoms with van der Waals surface area (Å²) in [6.45, 7) is 6.99. The zero-order valence-electron chi connectivity index (χ0n) is 10.8. The number of hydrogen-bond acceptors (Lipinski definition) is 3. The van der Waals surface area contributed by atoms with E-state index in [1.54, 1.807) is 6.20 Å². The summed E-state index contributed by atoms with van der Waals surface area (Å²) in [5.74, 6) is 1.51. The van der Waals surface area contributed by atoms with Gasteiger partial charge in [0.05, 0.1) is 12.7 Å². The topological polar surface area (TPSA) is 38.1 Å². The van der Waals surface area contributed by atoms with Crippen molar-refractivity contribution in [3.63, 3.8) is 0 Å². The molecule has 0 atom stereocenters. The van der Waals surface area contributed by atoms with Crippen molar-refractivity contribution in [2.75, 3.05) is 0 Å². The van der Waals surface area contributed by atoms with Crippen LogP contribution in [0.2, 0.25) is 0 Å². The highest BCUT2D eigenvalue weighted by Crippen LogP contribution is 2.22. The monoisotopic (exact) mass is 308 g/mol. The maximum atomic E-state index is 5.72. The summed E-state index contributed by atoms with van der Waals surface area (Å²) in [7, 11) is 0. The molecule has 18 heavy (non-hydrogen) atoms.